The van der Waals surface area contributed by atoms with Gasteiger partial charge in [-0.05, 0) is 23.8 Å². The van der Waals surface area contributed by atoms with Gasteiger partial charge in [0.2, 0.25) is 5.91 Å². The number of aromatic carboxylic acids is 1. The van der Waals surface area contributed by atoms with Crippen LogP contribution in [0.4, 0.5) is 5.69 Å². The minimum Gasteiger partial charge on any atom is -0.478 e. The Morgan fingerprint density at radius 1 is 1.00 bits per heavy atom. The average molecular weight is 313 g/mol. The summed E-state index contributed by atoms with van der Waals surface area (Å²) in [5, 5.41) is 11.9. The highest BCUT2D eigenvalue weighted by Gasteiger charge is 2.18. The van der Waals surface area contributed by atoms with E-state index in [-0.39, 0.29) is 17.2 Å². The Balaban J connectivity index is 2.49. The number of nitrogens with one attached hydrogen (secondary N) is 1. The van der Waals surface area contributed by atoms with Crippen LogP contribution in [0.15, 0.2) is 42.5 Å². The largest absolute Gasteiger partial charge is 0.478 e. The zero-order valence-electron chi connectivity index (χ0n) is 12.6. The Morgan fingerprint density at radius 2 is 1.65 bits per heavy atom. The van der Waals surface area contributed by atoms with Crippen molar-refractivity contribution in [3.63, 3.8) is 0 Å². The van der Waals surface area contributed by atoms with Crippen molar-refractivity contribution in [1.29, 1.82) is 0 Å². The zero-order chi connectivity index (χ0) is 17.0. The van der Waals surface area contributed by atoms with Crippen LogP contribution >= 0.6 is 0 Å². The normalized spacial score (nSPS) is 10.0. The fourth-order valence-corrected chi connectivity index (χ4v) is 2.12. The van der Waals surface area contributed by atoms with Gasteiger partial charge in [0.1, 0.15) is 5.56 Å². The summed E-state index contributed by atoms with van der Waals surface area (Å²) in [6, 6.07) is 11.4. The van der Waals surface area contributed by atoms with Crippen LogP contribution in [0, 0.1) is 0 Å². The van der Waals surface area contributed by atoms with E-state index in [1.54, 1.807) is 36.4 Å². The van der Waals surface area contributed by atoms with Crippen LogP contribution in [0.2, 0.25) is 0 Å². The van der Waals surface area contributed by atoms with E-state index in [4.69, 9.17) is 4.74 Å². The molecule has 0 saturated carbocycles. The molecule has 2 aromatic rings. The SMILES string of the molecule is CC(=O)Nc1ccc(-c2cccc(C(=O)O)c2OC(C)=O)cc1. The second-order valence-corrected chi connectivity index (χ2v) is 4.84. The summed E-state index contributed by atoms with van der Waals surface area (Å²) in [6.45, 7) is 2.62. The fraction of sp³-hybridized carbons (Fsp3) is 0.118. The lowest BCUT2D eigenvalue weighted by Gasteiger charge is -2.12. The van der Waals surface area contributed by atoms with Gasteiger partial charge in [-0.3, -0.25) is 9.59 Å². The minimum absolute atomic E-state index is 0.000206. The van der Waals surface area contributed by atoms with Crippen molar-refractivity contribution in [2.24, 2.45) is 0 Å². The molecule has 0 bridgehead atoms. The third-order valence-electron chi connectivity index (χ3n) is 3.01. The van der Waals surface area contributed by atoms with Crippen molar-refractivity contribution in [3.8, 4) is 16.9 Å². The van der Waals surface area contributed by atoms with E-state index in [0.717, 1.165) is 0 Å². The second kappa shape index (κ2) is 6.74. The van der Waals surface area contributed by atoms with E-state index < -0.39 is 11.9 Å². The van der Waals surface area contributed by atoms with E-state index in [0.29, 0.717) is 16.8 Å². The van der Waals surface area contributed by atoms with Crippen LogP contribution in [-0.2, 0) is 9.59 Å². The van der Waals surface area contributed by atoms with Crippen molar-refractivity contribution in [1.82, 2.24) is 0 Å². The first-order valence-corrected chi connectivity index (χ1v) is 6.81. The van der Waals surface area contributed by atoms with Gasteiger partial charge in [-0.15, -0.1) is 0 Å². The molecule has 118 valence electrons. The first-order chi connectivity index (χ1) is 10.9. The molecule has 0 aliphatic rings. The van der Waals surface area contributed by atoms with Gasteiger partial charge >= 0.3 is 11.9 Å². The zero-order valence-corrected chi connectivity index (χ0v) is 12.6. The van der Waals surface area contributed by atoms with Crippen LogP contribution in [0.5, 0.6) is 5.75 Å². The molecule has 1 amide bonds. The molecular formula is C17H15NO5. The van der Waals surface area contributed by atoms with Gasteiger partial charge in [0.25, 0.3) is 0 Å². The molecule has 0 heterocycles. The number of hydrogen-bond donors (Lipinski definition) is 2. The summed E-state index contributed by atoms with van der Waals surface area (Å²) < 4.78 is 5.10. The molecule has 0 aromatic heterocycles. The lowest BCUT2D eigenvalue weighted by Crippen LogP contribution is -2.08. The van der Waals surface area contributed by atoms with Gasteiger partial charge in [0.15, 0.2) is 5.75 Å². The fourth-order valence-electron chi connectivity index (χ4n) is 2.12. The topological polar surface area (TPSA) is 92.7 Å². The number of carbonyl (C=O) groups is 3. The molecule has 0 fully saturated rings. The van der Waals surface area contributed by atoms with Crippen LogP contribution in [0.3, 0.4) is 0 Å². The Kier molecular flexibility index (Phi) is 4.75. The summed E-state index contributed by atoms with van der Waals surface area (Å²) in [5.41, 5.74) is 1.67. The van der Waals surface area contributed by atoms with E-state index >= 15 is 0 Å². The van der Waals surface area contributed by atoms with E-state index in [1.165, 1.54) is 19.9 Å². The van der Waals surface area contributed by atoms with Crippen molar-refractivity contribution in [3.05, 3.63) is 48.0 Å². The second-order valence-electron chi connectivity index (χ2n) is 4.84. The Labute approximate surface area is 132 Å². The number of amides is 1. The molecule has 0 radical (unpaired) electrons. The monoisotopic (exact) mass is 313 g/mol. The van der Waals surface area contributed by atoms with Gasteiger partial charge in [-0.1, -0.05) is 24.3 Å². The van der Waals surface area contributed by atoms with Gasteiger partial charge in [-0.2, -0.15) is 0 Å². The molecule has 0 atom stereocenters. The first-order valence-electron chi connectivity index (χ1n) is 6.81. The minimum atomic E-state index is -1.18. The quantitative estimate of drug-likeness (QED) is 0.668. The summed E-state index contributed by atoms with van der Waals surface area (Å²) in [4.78, 5) is 33.6. The smallest absolute Gasteiger partial charge is 0.339 e. The number of ether oxygens (including phenoxy) is 1. The maximum absolute atomic E-state index is 11.3. The van der Waals surface area contributed by atoms with Gasteiger partial charge in [0, 0.05) is 25.1 Å². The Bertz CT molecular complexity index is 765. The van der Waals surface area contributed by atoms with Gasteiger partial charge in [0.05, 0.1) is 0 Å². The molecule has 0 unspecified atom stereocenters. The van der Waals surface area contributed by atoms with Gasteiger partial charge in [-0.25, -0.2) is 4.79 Å². The van der Waals surface area contributed by atoms with Crippen molar-refractivity contribution in [2.75, 3.05) is 5.32 Å². The molecule has 2 rings (SSSR count). The van der Waals surface area contributed by atoms with Crippen molar-refractivity contribution >= 4 is 23.5 Å². The predicted octanol–water partition coefficient (Wildman–Crippen LogP) is 2.94. The third-order valence-corrected chi connectivity index (χ3v) is 3.01. The number of carboxylic acids is 1. The van der Waals surface area contributed by atoms with E-state index in [2.05, 4.69) is 5.32 Å². The molecule has 6 heteroatoms. The molecule has 2 aromatic carbocycles. The van der Waals surface area contributed by atoms with Crippen molar-refractivity contribution < 1.29 is 24.2 Å². The standard InChI is InChI=1S/C17H15NO5/c1-10(19)18-13-8-6-12(7-9-13)14-4-3-5-15(17(21)22)16(14)23-11(2)20/h3-9H,1-2H3,(H,18,19)(H,21,22). The van der Waals surface area contributed by atoms with E-state index in [1.807, 2.05) is 0 Å². The molecular weight excluding hydrogens is 298 g/mol. The highest BCUT2D eigenvalue weighted by Crippen LogP contribution is 2.34. The number of carboxylic acid groups (broad SMARTS) is 1. The first kappa shape index (κ1) is 16.2. The highest BCUT2D eigenvalue weighted by molar-refractivity contribution is 5.96. The number of carbonyl (C=O) groups excluding carboxylic acids is 2. The predicted molar refractivity (Wildman–Crippen MR) is 84.5 cm³/mol. The van der Waals surface area contributed by atoms with Crippen LogP contribution in [0.25, 0.3) is 11.1 Å². The molecule has 0 spiro atoms. The molecule has 0 saturated heterocycles. The number of para-hydroxylation sites is 1. The third kappa shape index (κ3) is 3.94. The van der Waals surface area contributed by atoms with E-state index in [9.17, 15) is 19.5 Å². The Morgan fingerprint density at radius 3 is 2.17 bits per heavy atom. The molecule has 0 aliphatic heterocycles. The lowest BCUT2D eigenvalue weighted by molar-refractivity contribution is -0.131. The number of esters is 1. The number of rotatable bonds is 4. The van der Waals surface area contributed by atoms with Gasteiger partial charge < -0.3 is 15.2 Å². The Hall–Kier alpha value is -3.15. The number of benzene rings is 2. The molecule has 6 nitrogen and oxygen atoms in total. The van der Waals surface area contributed by atoms with Crippen molar-refractivity contribution in [2.45, 2.75) is 13.8 Å². The number of anilines is 1. The molecule has 2 N–H and O–H groups in total. The highest BCUT2D eigenvalue weighted by atomic mass is 16.5. The maximum atomic E-state index is 11.3. The summed E-state index contributed by atoms with van der Waals surface area (Å²) in [7, 11) is 0. The average Bonchev–Trinajstić information content (AvgIpc) is 2.47. The van der Waals surface area contributed by atoms with Crippen LogP contribution in [-0.4, -0.2) is 23.0 Å². The summed E-state index contributed by atoms with van der Waals surface area (Å²) >= 11 is 0. The summed E-state index contributed by atoms with van der Waals surface area (Å²) in [6.07, 6.45) is 0. The molecule has 0 aliphatic carbocycles. The van der Waals surface area contributed by atoms with Crippen LogP contribution in [0.1, 0.15) is 24.2 Å². The molecule has 23 heavy (non-hydrogen) atoms. The maximum Gasteiger partial charge on any atom is 0.339 e. The summed E-state index contributed by atoms with van der Waals surface area (Å²) in [5.74, 6) is -1.97. The number of hydrogen-bond acceptors (Lipinski definition) is 4. The van der Waals surface area contributed by atoms with Crippen LogP contribution < -0.4 is 10.1 Å². The lowest BCUT2D eigenvalue weighted by atomic mass is 10.0.